The van der Waals surface area contributed by atoms with E-state index < -0.39 is 5.91 Å². The summed E-state index contributed by atoms with van der Waals surface area (Å²) in [4.78, 5) is 15.5. The van der Waals surface area contributed by atoms with Crippen molar-refractivity contribution in [2.75, 3.05) is 24.2 Å². The normalized spacial score (nSPS) is 22.4. The van der Waals surface area contributed by atoms with Gasteiger partial charge in [-0.3, -0.25) is 4.79 Å². The van der Waals surface area contributed by atoms with Crippen molar-refractivity contribution in [1.29, 1.82) is 0 Å². The van der Waals surface area contributed by atoms with Crippen LogP contribution in [0.2, 0.25) is 0 Å². The van der Waals surface area contributed by atoms with E-state index >= 15 is 0 Å². The molecule has 0 spiro atoms. The van der Waals surface area contributed by atoms with Crippen molar-refractivity contribution >= 4 is 17.4 Å². The van der Waals surface area contributed by atoms with E-state index in [4.69, 9.17) is 16.2 Å². The molecule has 1 aliphatic rings. The number of carbonyl (C=O) groups is 1. The summed E-state index contributed by atoms with van der Waals surface area (Å²) in [6.45, 7) is 3.62. The number of aromatic nitrogens is 1. The molecule has 5 N–H and O–H groups in total. The highest BCUT2D eigenvalue weighted by molar-refractivity contribution is 5.98. The van der Waals surface area contributed by atoms with E-state index in [1.165, 1.54) is 6.20 Å². The maximum absolute atomic E-state index is 11.4. The third-order valence-corrected chi connectivity index (χ3v) is 3.45. The molecule has 2 rings (SSSR count). The summed E-state index contributed by atoms with van der Waals surface area (Å²) >= 11 is 0. The molecule has 0 aliphatic carbocycles. The number of nitrogens with zero attached hydrogens (tertiary/aromatic N) is 1. The molecule has 104 valence electrons. The van der Waals surface area contributed by atoms with Crippen molar-refractivity contribution in [2.24, 2.45) is 11.7 Å². The Balaban J connectivity index is 2.05. The lowest BCUT2D eigenvalue weighted by Crippen LogP contribution is -2.24. The molecule has 2 atom stereocenters. The first-order valence-corrected chi connectivity index (χ1v) is 6.52. The molecule has 1 saturated heterocycles. The van der Waals surface area contributed by atoms with Gasteiger partial charge in [0.15, 0.2) is 0 Å². The van der Waals surface area contributed by atoms with Gasteiger partial charge < -0.3 is 21.5 Å². The van der Waals surface area contributed by atoms with E-state index in [1.807, 2.05) is 0 Å². The highest BCUT2D eigenvalue weighted by atomic mass is 16.5. The molecule has 1 aromatic rings. The van der Waals surface area contributed by atoms with Gasteiger partial charge in [0.2, 0.25) is 0 Å². The molecular weight excluding hydrogens is 244 g/mol. The van der Waals surface area contributed by atoms with Crippen LogP contribution in [-0.4, -0.2) is 30.1 Å². The number of hydrogen-bond acceptors (Lipinski definition) is 5. The first kappa shape index (κ1) is 13.6. The number of nitrogens with two attached hydrogens (primary N) is 2. The van der Waals surface area contributed by atoms with E-state index in [0.717, 1.165) is 26.0 Å². The van der Waals surface area contributed by atoms with Crippen molar-refractivity contribution in [3.63, 3.8) is 0 Å². The molecule has 6 nitrogen and oxygen atoms in total. The minimum atomic E-state index is -0.531. The van der Waals surface area contributed by atoms with Gasteiger partial charge in [0, 0.05) is 19.1 Å². The molecule has 1 aliphatic heterocycles. The fourth-order valence-electron chi connectivity index (χ4n) is 2.41. The van der Waals surface area contributed by atoms with Gasteiger partial charge in [-0.1, -0.05) is 6.92 Å². The minimum absolute atomic E-state index is 0.276. The van der Waals surface area contributed by atoms with Crippen LogP contribution in [0.4, 0.5) is 11.5 Å². The second-order valence-corrected chi connectivity index (χ2v) is 4.78. The predicted octanol–water partition coefficient (Wildman–Crippen LogP) is 0.990. The van der Waals surface area contributed by atoms with Crippen LogP contribution in [0.15, 0.2) is 12.3 Å². The maximum Gasteiger partial charge on any atom is 0.252 e. The average Bonchev–Trinajstić information content (AvgIpc) is 2.84. The summed E-state index contributed by atoms with van der Waals surface area (Å²) in [7, 11) is 0. The van der Waals surface area contributed by atoms with Gasteiger partial charge >= 0.3 is 0 Å². The Morgan fingerprint density at radius 2 is 2.42 bits per heavy atom. The van der Waals surface area contributed by atoms with Crippen molar-refractivity contribution < 1.29 is 9.53 Å². The molecule has 2 unspecified atom stereocenters. The number of amides is 1. The van der Waals surface area contributed by atoms with Crippen molar-refractivity contribution in [1.82, 2.24) is 4.98 Å². The van der Waals surface area contributed by atoms with E-state index in [9.17, 15) is 4.79 Å². The Bertz CT molecular complexity index is 464. The number of rotatable bonds is 5. The number of pyridine rings is 1. The number of nitrogens with one attached hydrogen (secondary N) is 1. The number of ether oxygens (including phenoxy) is 1. The van der Waals surface area contributed by atoms with Gasteiger partial charge in [-0.05, 0) is 18.9 Å². The smallest absolute Gasteiger partial charge is 0.252 e. The Morgan fingerprint density at radius 3 is 3.11 bits per heavy atom. The summed E-state index contributed by atoms with van der Waals surface area (Å²) in [6.07, 6.45) is 3.80. The highest BCUT2D eigenvalue weighted by Gasteiger charge is 2.26. The predicted molar refractivity (Wildman–Crippen MR) is 73.8 cm³/mol. The van der Waals surface area contributed by atoms with Gasteiger partial charge in [-0.15, -0.1) is 0 Å². The van der Waals surface area contributed by atoms with Gasteiger partial charge in [-0.2, -0.15) is 0 Å². The molecule has 0 aromatic carbocycles. The third-order valence-electron chi connectivity index (χ3n) is 3.45. The molecule has 0 bridgehead atoms. The Hall–Kier alpha value is -1.82. The van der Waals surface area contributed by atoms with E-state index in [2.05, 4.69) is 17.2 Å². The summed E-state index contributed by atoms with van der Waals surface area (Å²) < 4.78 is 5.63. The van der Waals surface area contributed by atoms with Crippen LogP contribution in [0.3, 0.4) is 0 Å². The van der Waals surface area contributed by atoms with E-state index in [0.29, 0.717) is 23.0 Å². The van der Waals surface area contributed by atoms with Gasteiger partial charge in [0.25, 0.3) is 5.91 Å². The summed E-state index contributed by atoms with van der Waals surface area (Å²) in [6, 6.07) is 1.54. The Kier molecular flexibility index (Phi) is 4.21. The molecule has 1 amide bonds. The quantitative estimate of drug-likeness (QED) is 0.735. The standard InChI is InChI=1S/C13H20N4O2/c1-2-11-8(3-4-19-11)6-16-13-10(12(15)18)5-9(14)7-17-13/h5,7-8,11H,2-4,6,14H2,1H3,(H2,15,18)(H,16,17). The lowest BCUT2D eigenvalue weighted by atomic mass is 9.99. The first-order chi connectivity index (χ1) is 9.11. The zero-order valence-corrected chi connectivity index (χ0v) is 11.1. The lowest BCUT2D eigenvalue weighted by Gasteiger charge is -2.18. The number of carbonyl (C=O) groups excluding carboxylic acids is 1. The molecule has 19 heavy (non-hydrogen) atoms. The SMILES string of the molecule is CCC1OCCC1CNc1ncc(N)cc1C(N)=O. The molecular formula is C13H20N4O2. The summed E-state index contributed by atoms with van der Waals surface area (Å²) in [5, 5.41) is 3.18. The first-order valence-electron chi connectivity index (χ1n) is 6.52. The second kappa shape index (κ2) is 5.88. The highest BCUT2D eigenvalue weighted by Crippen LogP contribution is 2.24. The third kappa shape index (κ3) is 3.14. The van der Waals surface area contributed by atoms with Gasteiger partial charge in [-0.25, -0.2) is 4.98 Å². The maximum atomic E-state index is 11.4. The molecule has 1 fully saturated rings. The number of hydrogen-bond donors (Lipinski definition) is 3. The van der Waals surface area contributed by atoms with Crippen LogP contribution in [-0.2, 0) is 4.74 Å². The number of nitrogen functional groups attached to an aromatic ring is 1. The Labute approximate surface area is 112 Å². The van der Waals surface area contributed by atoms with Crippen LogP contribution in [0.25, 0.3) is 0 Å². The van der Waals surface area contributed by atoms with Gasteiger partial charge in [0.05, 0.1) is 23.6 Å². The van der Waals surface area contributed by atoms with Gasteiger partial charge in [0.1, 0.15) is 5.82 Å². The molecule has 0 saturated carbocycles. The van der Waals surface area contributed by atoms with Crippen LogP contribution >= 0.6 is 0 Å². The second-order valence-electron chi connectivity index (χ2n) is 4.78. The summed E-state index contributed by atoms with van der Waals surface area (Å²) in [5.41, 5.74) is 11.7. The lowest BCUT2D eigenvalue weighted by molar-refractivity contribution is 0.0900. The monoisotopic (exact) mass is 264 g/mol. The largest absolute Gasteiger partial charge is 0.397 e. The van der Waals surface area contributed by atoms with E-state index in [1.54, 1.807) is 6.07 Å². The summed E-state index contributed by atoms with van der Waals surface area (Å²) in [5.74, 6) is 0.394. The molecule has 0 radical (unpaired) electrons. The minimum Gasteiger partial charge on any atom is -0.397 e. The van der Waals surface area contributed by atoms with Crippen molar-refractivity contribution in [3.05, 3.63) is 17.8 Å². The fraction of sp³-hybridized carbons (Fsp3) is 0.538. The zero-order chi connectivity index (χ0) is 13.8. The zero-order valence-electron chi connectivity index (χ0n) is 11.1. The van der Waals surface area contributed by atoms with Crippen LogP contribution in [0, 0.1) is 5.92 Å². The van der Waals surface area contributed by atoms with Crippen LogP contribution < -0.4 is 16.8 Å². The molecule has 1 aromatic heterocycles. The topological polar surface area (TPSA) is 103 Å². The van der Waals surface area contributed by atoms with Crippen LogP contribution in [0.5, 0.6) is 0 Å². The van der Waals surface area contributed by atoms with Crippen molar-refractivity contribution in [3.8, 4) is 0 Å². The van der Waals surface area contributed by atoms with Crippen LogP contribution in [0.1, 0.15) is 30.1 Å². The number of anilines is 2. The molecule has 2 heterocycles. The van der Waals surface area contributed by atoms with E-state index in [-0.39, 0.29) is 6.10 Å². The Morgan fingerprint density at radius 1 is 1.63 bits per heavy atom. The fourth-order valence-corrected chi connectivity index (χ4v) is 2.41. The number of primary amides is 1. The molecule has 6 heteroatoms. The van der Waals surface area contributed by atoms with Crippen molar-refractivity contribution in [2.45, 2.75) is 25.9 Å². The average molecular weight is 264 g/mol.